The molecule has 0 aliphatic carbocycles. The zero-order chi connectivity index (χ0) is 17.5. The smallest absolute Gasteiger partial charge is 0.410 e. The first-order valence-corrected chi connectivity index (χ1v) is 9.57. The van der Waals surface area contributed by atoms with Crippen LogP contribution in [0.1, 0.15) is 52.0 Å². The Labute approximate surface area is 153 Å². The molecule has 0 aromatic heterocycles. The van der Waals surface area contributed by atoms with Gasteiger partial charge in [0.05, 0.1) is 0 Å². The van der Waals surface area contributed by atoms with E-state index >= 15 is 0 Å². The van der Waals surface area contributed by atoms with Crippen molar-refractivity contribution in [2.45, 2.75) is 77.1 Å². The quantitative estimate of drug-likeness (QED) is 0.758. The minimum Gasteiger partial charge on any atom is -0.444 e. The van der Waals surface area contributed by atoms with Gasteiger partial charge in [-0.05, 0) is 71.1 Å². The molecule has 4 nitrogen and oxygen atoms in total. The zero-order valence-corrected chi connectivity index (χ0v) is 16.5. The fraction of sp³-hybridized carbons (Fsp3) is 0.632. The van der Waals surface area contributed by atoms with Crippen LogP contribution < -0.4 is 5.32 Å². The molecule has 2 heterocycles. The second-order valence-electron chi connectivity index (χ2n) is 8.00. The molecule has 2 aliphatic rings. The molecule has 2 fully saturated rings. The highest BCUT2D eigenvalue weighted by atomic mass is 79.9. The van der Waals surface area contributed by atoms with Crippen LogP contribution >= 0.6 is 15.9 Å². The summed E-state index contributed by atoms with van der Waals surface area (Å²) in [6.45, 7) is 7.91. The summed E-state index contributed by atoms with van der Waals surface area (Å²) in [5, 5.41) is 3.69. The molecule has 132 valence electrons. The maximum atomic E-state index is 12.5. The molecule has 2 aliphatic heterocycles. The van der Waals surface area contributed by atoms with Crippen LogP contribution in [0.4, 0.5) is 10.5 Å². The van der Waals surface area contributed by atoms with Gasteiger partial charge < -0.3 is 15.0 Å². The van der Waals surface area contributed by atoms with Crippen molar-refractivity contribution in [2.24, 2.45) is 0 Å². The van der Waals surface area contributed by atoms with E-state index in [1.807, 2.05) is 25.7 Å². The van der Waals surface area contributed by atoms with Crippen molar-refractivity contribution in [3.63, 3.8) is 0 Å². The summed E-state index contributed by atoms with van der Waals surface area (Å²) in [6.07, 6.45) is 4.00. The molecule has 5 heteroatoms. The van der Waals surface area contributed by atoms with Crippen molar-refractivity contribution in [1.29, 1.82) is 0 Å². The number of carbonyl (C=O) groups is 1. The lowest BCUT2D eigenvalue weighted by molar-refractivity contribution is 0.00683. The van der Waals surface area contributed by atoms with Crippen molar-refractivity contribution in [3.05, 3.63) is 28.2 Å². The first-order chi connectivity index (χ1) is 11.2. The molecule has 0 radical (unpaired) electrons. The number of hydrogen-bond donors (Lipinski definition) is 1. The average Bonchev–Trinajstić information content (AvgIpc) is 2.74. The van der Waals surface area contributed by atoms with Crippen molar-refractivity contribution < 1.29 is 9.53 Å². The summed E-state index contributed by atoms with van der Waals surface area (Å²) in [5.74, 6) is 0. The van der Waals surface area contributed by atoms with Crippen LogP contribution in [-0.2, 0) is 4.74 Å². The highest BCUT2D eigenvalue weighted by Gasteiger charge is 2.44. The van der Waals surface area contributed by atoms with Gasteiger partial charge in [0, 0.05) is 28.3 Å². The number of benzene rings is 1. The minimum atomic E-state index is -0.431. The zero-order valence-electron chi connectivity index (χ0n) is 14.9. The van der Waals surface area contributed by atoms with E-state index in [0.29, 0.717) is 18.1 Å². The second kappa shape index (κ2) is 6.58. The Morgan fingerprint density at radius 2 is 1.88 bits per heavy atom. The van der Waals surface area contributed by atoms with Gasteiger partial charge in [-0.25, -0.2) is 4.79 Å². The Morgan fingerprint density at radius 1 is 1.25 bits per heavy atom. The number of amides is 1. The van der Waals surface area contributed by atoms with Gasteiger partial charge in [-0.2, -0.15) is 0 Å². The fourth-order valence-corrected chi connectivity index (χ4v) is 4.26. The SMILES string of the molecule is Cc1c(Br)cccc1NC1CC2CCC(C1)N2C(=O)OC(C)(C)C. The maximum absolute atomic E-state index is 12.5. The number of halogens is 1. The van der Waals surface area contributed by atoms with E-state index in [1.165, 1.54) is 11.3 Å². The number of rotatable bonds is 2. The lowest BCUT2D eigenvalue weighted by atomic mass is 9.97. The molecule has 2 saturated heterocycles. The van der Waals surface area contributed by atoms with E-state index in [1.54, 1.807) is 0 Å². The molecule has 2 atom stereocenters. The van der Waals surface area contributed by atoms with Gasteiger partial charge in [0.1, 0.15) is 5.60 Å². The second-order valence-corrected chi connectivity index (χ2v) is 8.85. The van der Waals surface area contributed by atoms with Crippen LogP contribution in [0.2, 0.25) is 0 Å². The number of hydrogen-bond acceptors (Lipinski definition) is 3. The van der Waals surface area contributed by atoms with Crippen LogP contribution in [0.3, 0.4) is 0 Å². The van der Waals surface area contributed by atoms with Gasteiger partial charge in [-0.1, -0.05) is 22.0 Å². The van der Waals surface area contributed by atoms with Crippen molar-refractivity contribution in [3.8, 4) is 0 Å². The number of ether oxygens (including phenoxy) is 1. The number of nitrogens with zero attached hydrogens (tertiary/aromatic N) is 1. The average molecular weight is 395 g/mol. The number of fused-ring (bicyclic) bond motifs is 2. The van der Waals surface area contributed by atoms with E-state index in [9.17, 15) is 4.79 Å². The Hall–Kier alpha value is -1.23. The summed E-state index contributed by atoms with van der Waals surface area (Å²) in [6, 6.07) is 7.25. The molecule has 0 spiro atoms. The first-order valence-electron chi connectivity index (χ1n) is 8.77. The topological polar surface area (TPSA) is 41.6 Å². The molecular weight excluding hydrogens is 368 g/mol. The number of nitrogens with one attached hydrogen (secondary N) is 1. The Bertz CT molecular complexity index is 612. The molecule has 1 N–H and O–H groups in total. The molecule has 2 unspecified atom stereocenters. The summed E-state index contributed by atoms with van der Waals surface area (Å²) in [7, 11) is 0. The Balaban J connectivity index is 1.67. The first kappa shape index (κ1) is 17.6. The van der Waals surface area contributed by atoms with Crippen LogP contribution in [-0.4, -0.2) is 34.7 Å². The molecule has 2 bridgehead atoms. The third kappa shape index (κ3) is 3.71. The van der Waals surface area contributed by atoms with Gasteiger partial charge in [0.25, 0.3) is 0 Å². The lowest BCUT2D eigenvalue weighted by Gasteiger charge is -2.40. The third-order valence-corrected chi connectivity index (χ3v) is 5.82. The monoisotopic (exact) mass is 394 g/mol. The molecule has 1 aromatic carbocycles. The molecule has 1 aromatic rings. The van der Waals surface area contributed by atoms with Crippen LogP contribution in [0, 0.1) is 6.92 Å². The molecule has 0 saturated carbocycles. The number of carbonyl (C=O) groups excluding carboxylic acids is 1. The predicted molar refractivity (Wildman–Crippen MR) is 100 cm³/mol. The molecule has 1 amide bonds. The molecular formula is C19H27BrN2O2. The fourth-order valence-electron chi connectivity index (χ4n) is 3.89. The third-order valence-electron chi connectivity index (χ3n) is 4.96. The van der Waals surface area contributed by atoms with Gasteiger partial charge in [0.2, 0.25) is 0 Å². The standard InChI is InChI=1S/C19H27BrN2O2/c1-12-16(20)6-5-7-17(12)21-13-10-14-8-9-15(11-13)22(14)18(23)24-19(2,3)4/h5-7,13-15,21H,8-11H2,1-4H3. The van der Waals surface area contributed by atoms with Crippen LogP contribution in [0.25, 0.3) is 0 Å². The highest BCUT2D eigenvalue weighted by molar-refractivity contribution is 9.10. The summed E-state index contributed by atoms with van der Waals surface area (Å²) >= 11 is 3.59. The van der Waals surface area contributed by atoms with Crippen molar-refractivity contribution >= 4 is 27.7 Å². The van der Waals surface area contributed by atoms with Crippen LogP contribution in [0.15, 0.2) is 22.7 Å². The van der Waals surface area contributed by atoms with E-state index in [-0.39, 0.29) is 6.09 Å². The Kier molecular flexibility index (Phi) is 4.82. The maximum Gasteiger partial charge on any atom is 0.410 e. The molecule has 3 rings (SSSR count). The predicted octanol–water partition coefficient (Wildman–Crippen LogP) is 5.10. The van der Waals surface area contributed by atoms with Gasteiger partial charge >= 0.3 is 6.09 Å². The van der Waals surface area contributed by atoms with Crippen LogP contribution in [0.5, 0.6) is 0 Å². The Morgan fingerprint density at radius 3 is 2.46 bits per heavy atom. The highest BCUT2D eigenvalue weighted by Crippen LogP contribution is 2.38. The normalized spacial score (nSPS) is 26.4. The largest absolute Gasteiger partial charge is 0.444 e. The van der Waals surface area contributed by atoms with Crippen molar-refractivity contribution in [2.75, 3.05) is 5.32 Å². The summed E-state index contributed by atoms with van der Waals surface area (Å²) in [4.78, 5) is 14.5. The summed E-state index contributed by atoms with van der Waals surface area (Å²) < 4.78 is 6.73. The number of anilines is 1. The van der Waals surface area contributed by atoms with E-state index in [0.717, 1.165) is 30.2 Å². The molecule has 24 heavy (non-hydrogen) atoms. The summed E-state index contributed by atoms with van der Waals surface area (Å²) in [5.41, 5.74) is 1.98. The minimum absolute atomic E-state index is 0.146. The van der Waals surface area contributed by atoms with E-state index in [2.05, 4.69) is 46.4 Å². The van der Waals surface area contributed by atoms with E-state index < -0.39 is 5.60 Å². The number of piperidine rings is 1. The van der Waals surface area contributed by atoms with Gasteiger partial charge in [-0.3, -0.25) is 0 Å². The van der Waals surface area contributed by atoms with E-state index in [4.69, 9.17) is 4.74 Å². The van der Waals surface area contributed by atoms with Gasteiger partial charge in [-0.15, -0.1) is 0 Å². The van der Waals surface area contributed by atoms with Gasteiger partial charge in [0.15, 0.2) is 0 Å². The lowest BCUT2D eigenvalue weighted by Crippen LogP contribution is -2.51. The van der Waals surface area contributed by atoms with Crippen molar-refractivity contribution in [1.82, 2.24) is 4.90 Å².